The molecule has 0 saturated carbocycles. The molecule has 15 heavy (non-hydrogen) atoms. The van der Waals surface area contributed by atoms with E-state index in [9.17, 15) is 8.42 Å². The lowest BCUT2D eigenvalue weighted by atomic mass is 9.64. The monoisotopic (exact) mass is 230 g/mol. The fourth-order valence-electron chi connectivity index (χ4n) is 2.79. The molecule has 1 aliphatic rings. The van der Waals surface area contributed by atoms with Crippen molar-refractivity contribution < 1.29 is 8.42 Å². The Morgan fingerprint density at radius 3 is 1.80 bits per heavy atom. The molecule has 3 heteroatoms. The Morgan fingerprint density at radius 1 is 1.13 bits per heavy atom. The highest BCUT2D eigenvalue weighted by Crippen LogP contribution is 2.64. The van der Waals surface area contributed by atoms with Crippen LogP contribution in [0.2, 0.25) is 0 Å². The van der Waals surface area contributed by atoms with Gasteiger partial charge in [0.15, 0.2) is 9.84 Å². The molecule has 0 aromatic rings. The summed E-state index contributed by atoms with van der Waals surface area (Å²) in [4.78, 5) is 0. The maximum absolute atomic E-state index is 12.4. The van der Waals surface area contributed by atoms with Gasteiger partial charge in [0.25, 0.3) is 0 Å². The maximum atomic E-state index is 12.4. The Bertz CT molecular complexity index is 390. The first kappa shape index (κ1) is 12.8. The minimum Gasteiger partial charge on any atom is -0.228 e. The minimum absolute atomic E-state index is 0.0227. The molecule has 1 aliphatic heterocycles. The molecule has 2 unspecified atom stereocenters. The summed E-state index contributed by atoms with van der Waals surface area (Å²) in [6.45, 7) is 15.2. The molecule has 1 fully saturated rings. The first-order chi connectivity index (χ1) is 6.48. The molecule has 88 valence electrons. The Kier molecular flexibility index (Phi) is 2.45. The van der Waals surface area contributed by atoms with Crippen molar-refractivity contribution in [3.63, 3.8) is 0 Å². The van der Waals surface area contributed by atoms with Crippen LogP contribution in [0.25, 0.3) is 0 Å². The molecular weight excluding hydrogens is 208 g/mol. The molecule has 0 radical (unpaired) electrons. The molecule has 2 atom stereocenters. The largest absolute Gasteiger partial charge is 0.228 e. The van der Waals surface area contributed by atoms with E-state index in [4.69, 9.17) is 0 Å². The van der Waals surface area contributed by atoms with Gasteiger partial charge in [-0.15, -0.1) is 6.58 Å². The van der Waals surface area contributed by atoms with Crippen LogP contribution < -0.4 is 0 Å². The highest BCUT2D eigenvalue weighted by atomic mass is 32.2. The van der Waals surface area contributed by atoms with Gasteiger partial charge >= 0.3 is 0 Å². The molecule has 0 N–H and O–H groups in total. The summed E-state index contributed by atoms with van der Waals surface area (Å²) >= 11 is 0. The van der Waals surface area contributed by atoms with E-state index < -0.39 is 19.3 Å². The first-order valence-electron chi connectivity index (χ1n) is 5.35. The Balaban J connectivity index is 3.42. The Morgan fingerprint density at radius 2 is 1.53 bits per heavy atom. The zero-order chi connectivity index (χ0) is 12.3. The van der Waals surface area contributed by atoms with Crippen LogP contribution in [0.5, 0.6) is 0 Å². The topological polar surface area (TPSA) is 34.1 Å². The van der Waals surface area contributed by atoms with Gasteiger partial charge in [0.05, 0.1) is 9.49 Å². The average molecular weight is 230 g/mol. The predicted molar refractivity (Wildman–Crippen MR) is 64.5 cm³/mol. The first-order valence-corrected chi connectivity index (χ1v) is 6.83. The van der Waals surface area contributed by atoms with E-state index in [0.29, 0.717) is 0 Å². The second-order valence-corrected chi connectivity index (χ2v) is 8.65. The third-order valence-corrected chi connectivity index (χ3v) is 9.05. The molecule has 0 aliphatic carbocycles. The summed E-state index contributed by atoms with van der Waals surface area (Å²) in [7, 11) is -3.09. The van der Waals surface area contributed by atoms with Crippen molar-refractivity contribution in [2.45, 2.75) is 51.0 Å². The molecule has 2 nitrogen and oxygen atoms in total. The summed E-state index contributed by atoms with van der Waals surface area (Å²) in [5, 5.41) is 0. The highest BCUT2D eigenvalue weighted by molar-refractivity contribution is 7.95. The van der Waals surface area contributed by atoms with Crippen molar-refractivity contribution in [3.8, 4) is 0 Å². The lowest BCUT2D eigenvalue weighted by Crippen LogP contribution is -2.77. The summed E-state index contributed by atoms with van der Waals surface area (Å²) in [6.07, 6.45) is 1.74. The minimum atomic E-state index is -3.09. The third kappa shape index (κ3) is 0.980. The van der Waals surface area contributed by atoms with Gasteiger partial charge in [-0.3, -0.25) is 0 Å². The highest BCUT2D eigenvalue weighted by Gasteiger charge is 2.75. The third-order valence-electron chi connectivity index (χ3n) is 5.20. The Hall–Kier alpha value is -0.310. The molecule has 0 aromatic carbocycles. The van der Waals surface area contributed by atoms with E-state index >= 15 is 0 Å². The maximum Gasteiger partial charge on any atom is 0.162 e. The average Bonchev–Trinajstić information content (AvgIpc) is 2.13. The Labute approximate surface area is 93.7 Å². The lowest BCUT2D eigenvalue weighted by molar-refractivity contribution is 0.106. The van der Waals surface area contributed by atoms with E-state index in [1.54, 1.807) is 6.08 Å². The van der Waals surface area contributed by atoms with Gasteiger partial charge in [-0.05, 0) is 26.7 Å². The fourth-order valence-corrected chi connectivity index (χ4v) is 6.10. The summed E-state index contributed by atoms with van der Waals surface area (Å²) in [5.74, 6) is -0.0227. The second kappa shape index (κ2) is 2.88. The number of rotatable bonds is 2. The zero-order valence-electron chi connectivity index (χ0n) is 10.6. The van der Waals surface area contributed by atoms with Crippen LogP contribution in [-0.4, -0.2) is 17.9 Å². The van der Waals surface area contributed by atoms with Crippen molar-refractivity contribution >= 4 is 9.84 Å². The van der Waals surface area contributed by atoms with Crippen LogP contribution >= 0.6 is 0 Å². The van der Waals surface area contributed by atoms with Gasteiger partial charge in [-0.1, -0.05) is 26.8 Å². The molecular formula is C12H22O2S. The van der Waals surface area contributed by atoms with E-state index in [2.05, 4.69) is 6.58 Å². The second-order valence-electron chi connectivity index (χ2n) is 5.77. The van der Waals surface area contributed by atoms with Crippen molar-refractivity contribution in [1.29, 1.82) is 0 Å². The zero-order valence-corrected chi connectivity index (χ0v) is 11.4. The van der Waals surface area contributed by atoms with E-state index in [0.717, 1.165) is 0 Å². The van der Waals surface area contributed by atoms with E-state index in [-0.39, 0.29) is 11.3 Å². The summed E-state index contributed by atoms with van der Waals surface area (Å²) in [5.41, 5.74) is -0.230. The molecule has 0 aromatic heterocycles. The SMILES string of the molecule is C=CC(C)C1(C)C(C)(C)C(C)(C)S1(=O)=O. The molecule has 1 heterocycles. The molecule has 0 amide bonds. The van der Waals surface area contributed by atoms with Gasteiger partial charge in [0.2, 0.25) is 0 Å². The molecule has 0 spiro atoms. The quantitative estimate of drug-likeness (QED) is 0.684. The van der Waals surface area contributed by atoms with Crippen molar-refractivity contribution in [3.05, 3.63) is 12.7 Å². The van der Waals surface area contributed by atoms with Crippen molar-refractivity contribution in [2.75, 3.05) is 0 Å². The summed E-state index contributed by atoms with van der Waals surface area (Å²) in [6, 6.07) is 0. The lowest BCUT2D eigenvalue weighted by Gasteiger charge is -2.66. The molecule has 1 saturated heterocycles. The van der Waals surface area contributed by atoms with Crippen LogP contribution in [-0.2, 0) is 9.84 Å². The van der Waals surface area contributed by atoms with Crippen LogP contribution in [0.3, 0.4) is 0 Å². The molecule has 1 rings (SSSR count). The van der Waals surface area contributed by atoms with E-state index in [1.165, 1.54) is 0 Å². The normalized spacial score (nSPS) is 37.7. The smallest absolute Gasteiger partial charge is 0.162 e. The van der Waals surface area contributed by atoms with Crippen molar-refractivity contribution in [2.24, 2.45) is 11.3 Å². The van der Waals surface area contributed by atoms with Crippen LogP contribution in [0.1, 0.15) is 41.5 Å². The summed E-state index contributed by atoms with van der Waals surface area (Å²) < 4.78 is 23.4. The van der Waals surface area contributed by atoms with Gasteiger partial charge in [0, 0.05) is 5.41 Å². The van der Waals surface area contributed by atoms with Gasteiger partial charge in [-0.2, -0.15) is 0 Å². The molecule has 0 bridgehead atoms. The standard InChI is InChI=1S/C12H22O2S/c1-8-9(2)12(7)10(3,4)11(5,6)15(12,13)14/h8-9H,1H2,2-7H3. The van der Waals surface area contributed by atoms with Crippen LogP contribution in [0, 0.1) is 11.3 Å². The van der Waals surface area contributed by atoms with Gasteiger partial charge in [-0.25, -0.2) is 8.42 Å². The number of allylic oxidation sites excluding steroid dienone is 1. The van der Waals surface area contributed by atoms with Gasteiger partial charge < -0.3 is 0 Å². The van der Waals surface area contributed by atoms with Gasteiger partial charge in [0.1, 0.15) is 0 Å². The van der Waals surface area contributed by atoms with Crippen molar-refractivity contribution in [1.82, 2.24) is 0 Å². The van der Waals surface area contributed by atoms with E-state index in [1.807, 2.05) is 41.5 Å². The predicted octanol–water partition coefficient (Wildman–Crippen LogP) is 2.80. The number of hydrogen-bond acceptors (Lipinski definition) is 2. The number of hydrogen-bond donors (Lipinski definition) is 0. The fraction of sp³-hybridized carbons (Fsp3) is 0.833. The van der Waals surface area contributed by atoms with Crippen LogP contribution in [0.15, 0.2) is 12.7 Å². The van der Waals surface area contributed by atoms with Crippen LogP contribution in [0.4, 0.5) is 0 Å². The number of sulfone groups is 1.